The molecule has 1 rings (SSSR count). The normalized spacial score (nSPS) is 11.6. The number of nitrogens with one attached hydrogen (secondary N) is 2. The monoisotopic (exact) mass is 250 g/mol. The van der Waals surface area contributed by atoms with E-state index in [2.05, 4.69) is 10.6 Å². The van der Waals surface area contributed by atoms with Crippen LogP contribution in [0.5, 0.6) is 0 Å². The van der Waals surface area contributed by atoms with Gasteiger partial charge < -0.3 is 15.7 Å². The van der Waals surface area contributed by atoms with Crippen LogP contribution in [0.3, 0.4) is 0 Å². The minimum Gasteiger partial charge on any atom is -0.480 e. The first-order valence-corrected chi connectivity index (χ1v) is 5.94. The van der Waals surface area contributed by atoms with Crippen molar-refractivity contribution in [3.63, 3.8) is 0 Å². The Morgan fingerprint density at radius 1 is 1.28 bits per heavy atom. The largest absolute Gasteiger partial charge is 0.480 e. The predicted molar refractivity (Wildman–Crippen MR) is 69.4 cm³/mol. The first-order chi connectivity index (χ1) is 8.63. The van der Waals surface area contributed by atoms with Gasteiger partial charge in [0, 0.05) is 5.69 Å². The minimum absolute atomic E-state index is 0.0670. The third-order valence-electron chi connectivity index (χ3n) is 2.44. The molecule has 1 amide bonds. The number of carbonyl (C=O) groups is 2. The number of amides is 1. The van der Waals surface area contributed by atoms with Gasteiger partial charge in [0.05, 0.1) is 6.54 Å². The molecule has 0 aliphatic rings. The highest BCUT2D eigenvalue weighted by Crippen LogP contribution is 2.04. The molecular formula is C13H18N2O3. The van der Waals surface area contributed by atoms with E-state index in [1.54, 1.807) is 0 Å². The van der Waals surface area contributed by atoms with Crippen molar-refractivity contribution < 1.29 is 14.7 Å². The molecular weight excluding hydrogens is 232 g/mol. The fraction of sp³-hybridized carbons (Fsp3) is 0.385. The maximum atomic E-state index is 11.6. The van der Waals surface area contributed by atoms with Gasteiger partial charge in [-0.3, -0.25) is 4.79 Å². The van der Waals surface area contributed by atoms with Crippen molar-refractivity contribution in [3.05, 3.63) is 30.3 Å². The second-order valence-corrected chi connectivity index (χ2v) is 3.97. The van der Waals surface area contributed by atoms with Crippen molar-refractivity contribution in [1.29, 1.82) is 0 Å². The van der Waals surface area contributed by atoms with Crippen molar-refractivity contribution in [2.24, 2.45) is 0 Å². The standard InChI is InChI=1S/C13H18N2O3/c1-2-6-11(13(17)18)15-12(16)9-14-10-7-4-3-5-8-10/h3-5,7-8,11,14H,2,6,9H2,1H3,(H,15,16)(H,17,18)/t11-/m0/s1. The molecule has 0 aromatic heterocycles. The summed E-state index contributed by atoms with van der Waals surface area (Å²) in [6, 6.07) is 8.48. The molecule has 0 saturated heterocycles. The van der Waals surface area contributed by atoms with E-state index >= 15 is 0 Å². The van der Waals surface area contributed by atoms with Gasteiger partial charge in [0.1, 0.15) is 6.04 Å². The summed E-state index contributed by atoms with van der Waals surface area (Å²) < 4.78 is 0. The first kappa shape index (κ1) is 14.0. The van der Waals surface area contributed by atoms with Crippen LogP contribution < -0.4 is 10.6 Å². The van der Waals surface area contributed by atoms with E-state index < -0.39 is 12.0 Å². The second kappa shape index (κ2) is 7.32. The maximum Gasteiger partial charge on any atom is 0.326 e. The van der Waals surface area contributed by atoms with Gasteiger partial charge in [-0.2, -0.15) is 0 Å². The predicted octanol–water partition coefficient (Wildman–Crippen LogP) is 1.47. The number of aliphatic carboxylic acids is 1. The Morgan fingerprint density at radius 3 is 2.50 bits per heavy atom. The Hall–Kier alpha value is -2.04. The number of rotatable bonds is 7. The van der Waals surface area contributed by atoms with E-state index in [1.165, 1.54) is 0 Å². The van der Waals surface area contributed by atoms with Gasteiger partial charge in [-0.15, -0.1) is 0 Å². The van der Waals surface area contributed by atoms with E-state index in [1.807, 2.05) is 37.3 Å². The third-order valence-corrected chi connectivity index (χ3v) is 2.44. The Morgan fingerprint density at radius 2 is 1.94 bits per heavy atom. The van der Waals surface area contributed by atoms with Crippen LogP contribution in [0, 0.1) is 0 Å². The molecule has 0 bridgehead atoms. The number of hydrogen-bond acceptors (Lipinski definition) is 3. The van der Waals surface area contributed by atoms with Crippen LogP contribution in [-0.4, -0.2) is 29.6 Å². The van der Waals surface area contributed by atoms with Gasteiger partial charge in [-0.25, -0.2) is 4.79 Å². The molecule has 98 valence electrons. The summed E-state index contributed by atoms with van der Waals surface area (Å²) in [6.45, 7) is 1.95. The highest BCUT2D eigenvalue weighted by molar-refractivity contribution is 5.86. The van der Waals surface area contributed by atoms with Crippen LogP contribution in [0.4, 0.5) is 5.69 Å². The molecule has 5 heteroatoms. The molecule has 0 aliphatic carbocycles. The average Bonchev–Trinajstić information content (AvgIpc) is 2.37. The summed E-state index contributed by atoms with van der Waals surface area (Å²) in [5, 5.41) is 14.3. The molecule has 0 spiro atoms. The highest BCUT2D eigenvalue weighted by atomic mass is 16.4. The number of carboxylic acid groups (broad SMARTS) is 1. The molecule has 1 aromatic carbocycles. The number of para-hydroxylation sites is 1. The summed E-state index contributed by atoms with van der Waals surface area (Å²) in [5.41, 5.74) is 0.829. The minimum atomic E-state index is -0.995. The van der Waals surface area contributed by atoms with E-state index in [-0.39, 0.29) is 12.5 Å². The molecule has 0 heterocycles. The van der Waals surface area contributed by atoms with Gasteiger partial charge in [0.15, 0.2) is 0 Å². The molecule has 0 aliphatic heterocycles. The lowest BCUT2D eigenvalue weighted by atomic mass is 10.1. The smallest absolute Gasteiger partial charge is 0.326 e. The Bertz CT molecular complexity index is 392. The molecule has 18 heavy (non-hydrogen) atoms. The van der Waals surface area contributed by atoms with Crippen molar-refractivity contribution in [2.45, 2.75) is 25.8 Å². The second-order valence-electron chi connectivity index (χ2n) is 3.97. The van der Waals surface area contributed by atoms with Crippen molar-refractivity contribution in [2.75, 3.05) is 11.9 Å². The molecule has 0 unspecified atom stereocenters. The number of carbonyl (C=O) groups excluding carboxylic acids is 1. The lowest BCUT2D eigenvalue weighted by Gasteiger charge is -2.14. The van der Waals surface area contributed by atoms with Gasteiger partial charge in [0.2, 0.25) is 5.91 Å². The molecule has 3 N–H and O–H groups in total. The zero-order valence-corrected chi connectivity index (χ0v) is 10.3. The molecule has 5 nitrogen and oxygen atoms in total. The average molecular weight is 250 g/mol. The molecule has 0 saturated carbocycles. The van der Waals surface area contributed by atoms with Gasteiger partial charge in [0.25, 0.3) is 0 Å². The molecule has 0 fully saturated rings. The first-order valence-electron chi connectivity index (χ1n) is 5.94. The summed E-state index contributed by atoms with van der Waals surface area (Å²) in [4.78, 5) is 22.4. The van der Waals surface area contributed by atoms with E-state index in [4.69, 9.17) is 5.11 Å². The zero-order chi connectivity index (χ0) is 13.4. The van der Waals surface area contributed by atoms with Crippen molar-refractivity contribution >= 4 is 17.6 Å². The third kappa shape index (κ3) is 4.86. The van der Waals surface area contributed by atoms with Crippen LogP contribution in [0.1, 0.15) is 19.8 Å². The topological polar surface area (TPSA) is 78.4 Å². The Kier molecular flexibility index (Phi) is 5.70. The molecule has 1 atom stereocenters. The lowest BCUT2D eigenvalue weighted by Crippen LogP contribution is -2.43. The van der Waals surface area contributed by atoms with E-state index in [0.29, 0.717) is 12.8 Å². The lowest BCUT2D eigenvalue weighted by molar-refractivity contribution is -0.141. The summed E-state index contributed by atoms with van der Waals surface area (Å²) >= 11 is 0. The number of anilines is 1. The zero-order valence-electron chi connectivity index (χ0n) is 10.3. The summed E-state index contributed by atoms with van der Waals surface area (Å²) in [5.74, 6) is -1.32. The van der Waals surface area contributed by atoms with Crippen molar-refractivity contribution in [3.8, 4) is 0 Å². The van der Waals surface area contributed by atoms with Crippen LogP contribution in [-0.2, 0) is 9.59 Å². The summed E-state index contributed by atoms with van der Waals surface area (Å²) in [6.07, 6.45) is 1.15. The van der Waals surface area contributed by atoms with Crippen LogP contribution in [0.15, 0.2) is 30.3 Å². The fourth-order valence-electron chi connectivity index (χ4n) is 1.53. The highest BCUT2D eigenvalue weighted by Gasteiger charge is 2.18. The maximum absolute atomic E-state index is 11.6. The number of benzene rings is 1. The van der Waals surface area contributed by atoms with Crippen LogP contribution >= 0.6 is 0 Å². The van der Waals surface area contributed by atoms with E-state index in [9.17, 15) is 9.59 Å². The SMILES string of the molecule is CCC[C@H](NC(=O)CNc1ccccc1)C(=O)O. The van der Waals surface area contributed by atoms with Crippen molar-refractivity contribution in [1.82, 2.24) is 5.32 Å². The molecule has 1 aromatic rings. The quantitative estimate of drug-likeness (QED) is 0.684. The Balaban J connectivity index is 2.39. The fourth-order valence-corrected chi connectivity index (χ4v) is 1.53. The van der Waals surface area contributed by atoms with Gasteiger partial charge in [-0.1, -0.05) is 31.5 Å². The summed E-state index contributed by atoms with van der Waals surface area (Å²) in [7, 11) is 0. The number of carboxylic acids is 1. The molecule has 0 radical (unpaired) electrons. The van der Waals surface area contributed by atoms with Crippen LogP contribution in [0.2, 0.25) is 0 Å². The van der Waals surface area contributed by atoms with Crippen LogP contribution in [0.25, 0.3) is 0 Å². The van der Waals surface area contributed by atoms with E-state index in [0.717, 1.165) is 5.69 Å². The Labute approximate surface area is 106 Å². The van der Waals surface area contributed by atoms with Gasteiger partial charge >= 0.3 is 5.97 Å². The number of hydrogen-bond donors (Lipinski definition) is 3. The van der Waals surface area contributed by atoms with Gasteiger partial charge in [-0.05, 0) is 18.6 Å².